The summed E-state index contributed by atoms with van der Waals surface area (Å²) in [6.45, 7) is 5.85. The SMILES string of the molecule is CCNC(=NCc1ccccc1S(=O)(=O)N(C)C)NCCCOC1CCOC1.I. The lowest BCUT2D eigenvalue weighted by molar-refractivity contribution is 0.0420. The quantitative estimate of drug-likeness (QED) is 0.204. The van der Waals surface area contributed by atoms with Gasteiger partial charge in [-0.2, -0.15) is 0 Å². The normalized spacial score (nSPS) is 17.2. The van der Waals surface area contributed by atoms with Crippen LogP contribution in [0.5, 0.6) is 0 Å². The van der Waals surface area contributed by atoms with Crippen LogP contribution in [0.3, 0.4) is 0 Å². The molecule has 1 unspecified atom stereocenters. The van der Waals surface area contributed by atoms with E-state index in [0.29, 0.717) is 24.7 Å². The van der Waals surface area contributed by atoms with Gasteiger partial charge in [-0.15, -0.1) is 24.0 Å². The number of sulfonamides is 1. The maximum atomic E-state index is 12.5. The van der Waals surface area contributed by atoms with Gasteiger partial charge in [0, 0.05) is 40.4 Å². The summed E-state index contributed by atoms with van der Waals surface area (Å²) in [5.74, 6) is 0.656. The van der Waals surface area contributed by atoms with Crippen LogP contribution in [0.1, 0.15) is 25.3 Å². The fourth-order valence-corrected chi connectivity index (χ4v) is 3.87. The van der Waals surface area contributed by atoms with Crippen molar-refractivity contribution in [2.45, 2.75) is 37.3 Å². The van der Waals surface area contributed by atoms with E-state index in [9.17, 15) is 8.42 Å². The number of aliphatic imine (C=N–C) groups is 1. The first-order valence-electron chi connectivity index (χ1n) is 9.67. The number of rotatable bonds is 10. The Hall–Kier alpha value is -0.950. The van der Waals surface area contributed by atoms with Gasteiger partial charge in [0.1, 0.15) is 0 Å². The summed E-state index contributed by atoms with van der Waals surface area (Å²) in [7, 11) is -0.447. The molecule has 8 nitrogen and oxygen atoms in total. The number of hydrogen-bond donors (Lipinski definition) is 2. The molecule has 1 fully saturated rings. The number of ether oxygens (including phenoxy) is 2. The van der Waals surface area contributed by atoms with E-state index in [1.807, 2.05) is 13.0 Å². The van der Waals surface area contributed by atoms with Gasteiger partial charge in [-0.3, -0.25) is 0 Å². The maximum absolute atomic E-state index is 12.5. The molecule has 0 radical (unpaired) electrons. The molecule has 1 heterocycles. The van der Waals surface area contributed by atoms with Crippen molar-refractivity contribution in [3.63, 3.8) is 0 Å². The van der Waals surface area contributed by atoms with Crippen molar-refractivity contribution in [2.24, 2.45) is 4.99 Å². The molecule has 0 saturated carbocycles. The highest BCUT2D eigenvalue weighted by Crippen LogP contribution is 2.19. The maximum Gasteiger partial charge on any atom is 0.242 e. The highest BCUT2D eigenvalue weighted by atomic mass is 127. The zero-order valence-electron chi connectivity index (χ0n) is 17.4. The number of nitrogens with one attached hydrogen (secondary N) is 2. The smallest absolute Gasteiger partial charge is 0.242 e. The van der Waals surface area contributed by atoms with Crippen molar-refractivity contribution < 1.29 is 17.9 Å². The van der Waals surface area contributed by atoms with Crippen LogP contribution in [-0.4, -0.2) is 71.8 Å². The molecule has 1 aliphatic heterocycles. The summed E-state index contributed by atoms with van der Waals surface area (Å²) >= 11 is 0. The Balaban J connectivity index is 0.00000420. The van der Waals surface area contributed by atoms with Crippen LogP contribution in [0.15, 0.2) is 34.2 Å². The minimum absolute atomic E-state index is 0. The lowest BCUT2D eigenvalue weighted by Crippen LogP contribution is -2.38. The Labute approximate surface area is 191 Å². The van der Waals surface area contributed by atoms with Crippen LogP contribution in [0, 0.1) is 0 Å². The molecule has 166 valence electrons. The van der Waals surface area contributed by atoms with Gasteiger partial charge in [-0.05, 0) is 31.4 Å². The molecule has 2 rings (SSSR count). The number of guanidine groups is 1. The van der Waals surface area contributed by atoms with E-state index in [4.69, 9.17) is 9.47 Å². The zero-order chi connectivity index (χ0) is 20.4. The number of hydrogen-bond acceptors (Lipinski definition) is 5. The number of halogens is 1. The highest BCUT2D eigenvalue weighted by Gasteiger charge is 2.20. The van der Waals surface area contributed by atoms with Crippen LogP contribution in [0.25, 0.3) is 0 Å². The summed E-state index contributed by atoms with van der Waals surface area (Å²) in [6.07, 6.45) is 2.04. The number of nitrogens with zero attached hydrogens (tertiary/aromatic N) is 2. The average molecular weight is 540 g/mol. The fraction of sp³-hybridized carbons (Fsp3) is 0.632. The molecule has 1 aliphatic rings. The predicted octanol–water partition coefficient (Wildman–Crippen LogP) is 1.81. The molecule has 0 amide bonds. The van der Waals surface area contributed by atoms with Crippen LogP contribution in [0.2, 0.25) is 0 Å². The van der Waals surface area contributed by atoms with Gasteiger partial charge in [-0.1, -0.05) is 18.2 Å². The molecule has 1 aromatic carbocycles. The lowest BCUT2D eigenvalue weighted by atomic mass is 10.2. The molecule has 10 heteroatoms. The Morgan fingerprint density at radius 3 is 2.72 bits per heavy atom. The Morgan fingerprint density at radius 2 is 2.07 bits per heavy atom. The van der Waals surface area contributed by atoms with Crippen LogP contribution >= 0.6 is 24.0 Å². The highest BCUT2D eigenvalue weighted by molar-refractivity contribution is 14.0. The van der Waals surface area contributed by atoms with Crippen molar-refractivity contribution in [1.82, 2.24) is 14.9 Å². The molecular weight excluding hydrogens is 507 g/mol. The first kappa shape index (κ1) is 26.1. The summed E-state index contributed by atoms with van der Waals surface area (Å²) in [6, 6.07) is 6.96. The third kappa shape index (κ3) is 8.36. The summed E-state index contributed by atoms with van der Waals surface area (Å²) < 4.78 is 37.3. The van der Waals surface area contributed by atoms with Gasteiger partial charge in [-0.25, -0.2) is 17.7 Å². The third-order valence-electron chi connectivity index (χ3n) is 4.34. The molecule has 0 aliphatic carbocycles. The second kappa shape index (κ2) is 13.4. The Bertz CT molecular complexity index is 737. The van der Waals surface area contributed by atoms with Crippen molar-refractivity contribution in [3.05, 3.63) is 29.8 Å². The van der Waals surface area contributed by atoms with Gasteiger partial charge in [0.2, 0.25) is 10.0 Å². The van der Waals surface area contributed by atoms with Gasteiger partial charge in [0.15, 0.2) is 5.96 Å². The zero-order valence-corrected chi connectivity index (χ0v) is 20.5. The molecule has 29 heavy (non-hydrogen) atoms. The lowest BCUT2D eigenvalue weighted by Gasteiger charge is -2.15. The van der Waals surface area contributed by atoms with E-state index in [1.165, 1.54) is 18.4 Å². The van der Waals surface area contributed by atoms with E-state index in [-0.39, 0.29) is 41.5 Å². The monoisotopic (exact) mass is 540 g/mol. The van der Waals surface area contributed by atoms with Crippen LogP contribution in [0.4, 0.5) is 0 Å². The molecule has 0 bridgehead atoms. The van der Waals surface area contributed by atoms with Crippen molar-refractivity contribution in [2.75, 3.05) is 47.0 Å². The van der Waals surface area contributed by atoms with Crippen LogP contribution < -0.4 is 10.6 Å². The first-order valence-corrected chi connectivity index (χ1v) is 11.1. The van der Waals surface area contributed by atoms with E-state index < -0.39 is 10.0 Å². The van der Waals surface area contributed by atoms with E-state index in [0.717, 1.165) is 32.5 Å². The summed E-state index contributed by atoms with van der Waals surface area (Å²) in [4.78, 5) is 4.83. The minimum Gasteiger partial charge on any atom is -0.379 e. The minimum atomic E-state index is -3.50. The van der Waals surface area contributed by atoms with E-state index in [1.54, 1.807) is 18.2 Å². The summed E-state index contributed by atoms with van der Waals surface area (Å²) in [5, 5.41) is 6.45. The topological polar surface area (TPSA) is 92.3 Å². The first-order chi connectivity index (χ1) is 13.4. The number of benzene rings is 1. The molecule has 1 atom stereocenters. The largest absolute Gasteiger partial charge is 0.379 e. The molecule has 1 aromatic rings. The van der Waals surface area contributed by atoms with E-state index in [2.05, 4.69) is 15.6 Å². The molecule has 0 spiro atoms. The Kier molecular flexibility index (Phi) is 12.0. The van der Waals surface area contributed by atoms with Crippen molar-refractivity contribution >= 4 is 40.0 Å². The van der Waals surface area contributed by atoms with Gasteiger partial charge < -0.3 is 20.1 Å². The van der Waals surface area contributed by atoms with Gasteiger partial charge >= 0.3 is 0 Å². The fourth-order valence-electron chi connectivity index (χ4n) is 2.76. The van der Waals surface area contributed by atoms with Crippen LogP contribution in [-0.2, 0) is 26.0 Å². The Morgan fingerprint density at radius 1 is 1.31 bits per heavy atom. The van der Waals surface area contributed by atoms with Gasteiger partial charge in [0.05, 0.1) is 24.2 Å². The second-order valence-corrected chi connectivity index (χ2v) is 8.85. The third-order valence-corrected chi connectivity index (χ3v) is 6.25. The molecule has 0 aromatic heterocycles. The van der Waals surface area contributed by atoms with Crippen molar-refractivity contribution in [3.8, 4) is 0 Å². The molecular formula is C19H33IN4O4S. The molecule has 1 saturated heterocycles. The van der Waals surface area contributed by atoms with Gasteiger partial charge in [0.25, 0.3) is 0 Å². The predicted molar refractivity (Wildman–Crippen MR) is 125 cm³/mol. The molecule has 2 N–H and O–H groups in total. The van der Waals surface area contributed by atoms with E-state index >= 15 is 0 Å². The summed E-state index contributed by atoms with van der Waals surface area (Å²) in [5.41, 5.74) is 0.665. The van der Waals surface area contributed by atoms with Crippen molar-refractivity contribution in [1.29, 1.82) is 0 Å². The average Bonchev–Trinajstić information content (AvgIpc) is 3.19. The standard InChI is InChI=1S/C19H32N4O4S.HI/c1-4-20-19(21-11-7-12-27-17-10-13-26-15-17)22-14-16-8-5-6-9-18(16)28(24,25)23(2)3;/h5-6,8-9,17H,4,7,10-15H2,1-3H3,(H2,20,21,22);1H. The second-order valence-electron chi connectivity index (χ2n) is 6.73.